The van der Waals surface area contributed by atoms with Crippen LogP contribution in [0.15, 0.2) is 41.5 Å². The molecule has 8 heteroatoms. The fourth-order valence-electron chi connectivity index (χ4n) is 4.26. The highest BCUT2D eigenvalue weighted by molar-refractivity contribution is 8.14. The molecule has 2 aliphatic rings. The van der Waals surface area contributed by atoms with Gasteiger partial charge in [0, 0.05) is 12.8 Å². The van der Waals surface area contributed by atoms with E-state index in [1.165, 1.54) is 0 Å². The molecule has 0 saturated heterocycles. The van der Waals surface area contributed by atoms with E-state index in [0.717, 1.165) is 78.9 Å². The van der Waals surface area contributed by atoms with Gasteiger partial charge in [0.05, 0.1) is 36.7 Å². The number of hydrogen-bond donors (Lipinski definition) is 2. The van der Waals surface area contributed by atoms with Gasteiger partial charge in [-0.2, -0.15) is 0 Å². The normalized spacial score (nSPS) is 16.3. The van der Waals surface area contributed by atoms with Gasteiger partial charge in [-0.15, -0.1) is 0 Å². The molecule has 1 aromatic carbocycles. The van der Waals surface area contributed by atoms with Crippen LogP contribution in [0.3, 0.4) is 0 Å². The Morgan fingerprint density at radius 2 is 2.06 bits per heavy atom. The van der Waals surface area contributed by atoms with E-state index in [2.05, 4.69) is 24.9 Å². The van der Waals surface area contributed by atoms with Crippen molar-refractivity contribution in [1.82, 2.24) is 15.3 Å². The van der Waals surface area contributed by atoms with Gasteiger partial charge in [-0.25, -0.2) is 9.56 Å². The lowest BCUT2D eigenvalue weighted by molar-refractivity contribution is -0.406. The second-order valence-corrected chi connectivity index (χ2v) is 9.61. The van der Waals surface area contributed by atoms with Crippen LogP contribution in [0.1, 0.15) is 63.7 Å². The van der Waals surface area contributed by atoms with Gasteiger partial charge in [-0.05, 0) is 37.1 Å². The number of aromatic nitrogens is 2. The summed E-state index contributed by atoms with van der Waals surface area (Å²) in [5.74, 6) is 1.86. The van der Waals surface area contributed by atoms with Gasteiger partial charge in [0.25, 0.3) is 0 Å². The minimum atomic E-state index is -0.184. The number of imidazole rings is 1. The number of Topliss-reactive ketones (excluding diaryl/α,β-unsaturated/α-hetero) is 1. The van der Waals surface area contributed by atoms with Crippen LogP contribution in [0.25, 0.3) is 11.3 Å². The van der Waals surface area contributed by atoms with Gasteiger partial charge in [0.2, 0.25) is 5.91 Å². The first-order valence-electron chi connectivity index (χ1n) is 11.8. The lowest BCUT2D eigenvalue weighted by atomic mass is 10.1. The van der Waals surface area contributed by atoms with Crippen LogP contribution < -0.4 is 5.32 Å². The Labute approximate surface area is 199 Å². The Kier molecular flexibility index (Phi) is 8.10. The zero-order valence-electron chi connectivity index (χ0n) is 19.2. The van der Waals surface area contributed by atoms with Gasteiger partial charge < -0.3 is 15.1 Å². The summed E-state index contributed by atoms with van der Waals surface area (Å²) in [5.41, 5.74) is 3.15. The second kappa shape index (κ2) is 11.4. The molecule has 0 bridgehead atoms. The van der Waals surface area contributed by atoms with E-state index in [1.807, 2.05) is 36.5 Å². The standard InChI is InChI=1S/C25H31N5O2S/c1-18(31)9-4-2-7-12-21(24-27-16-22(29-24)19-10-5-3-6-11-19)28-23(32)15-20-17-33-25-26-13-8-14-30(20)25/h3,5-6,10-11,16,21H,2,4,7-9,12-15,17H2,1H3,(H-,27,28,29,32)/p+1/t21-/m0/s1. The van der Waals surface area contributed by atoms with Gasteiger partial charge in [0.1, 0.15) is 23.9 Å². The number of carbonyl (C=O) groups excluding carboxylic acids is 2. The number of ketones is 1. The van der Waals surface area contributed by atoms with Crippen LogP contribution >= 0.6 is 11.8 Å². The first kappa shape index (κ1) is 23.4. The number of nitrogens with zero attached hydrogens (tertiary/aromatic N) is 3. The van der Waals surface area contributed by atoms with E-state index in [1.54, 1.807) is 18.7 Å². The van der Waals surface area contributed by atoms with Crippen molar-refractivity contribution < 1.29 is 14.2 Å². The van der Waals surface area contributed by atoms with E-state index in [4.69, 9.17) is 0 Å². The number of benzene rings is 1. The van der Waals surface area contributed by atoms with Crippen molar-refractivity contribution in [3.05, 3.63) is 42.4 Å². The van der Waals surface area contributed by atoms with Crippen LogP contribution in [0.5, 0.6) is 0 Å². The number of amides is 1. The van der Waals surface area contributed by atoms with E-state index >= 15 is 0 Å². The highest BCUT2D eigenvalue weighted by Gasteiger charge is 2.32. The zero-order chi connectivity index (χ0) is 23.0. The molecule has 0 radical (unpaired) electrons. The number of hydrogen-bond acceptors (Lipinski definition) is 5. The average molecular weight is 467 g/mol. The van der Waals surface area contributed by atoms with Crippen LogP contribution in [-0.2, 0) is 9.59 Å². The van der Waals surface area contributed by atoms with E-state index in [0.29, 0.717) is 12.8 Å². The van der Waals surface area contributed by atoms with E-state index in [-0.39, 0.29) is 17.7 Å². The first-order chi connectivity index (χ1) is 16.1. The molecule has 1 atom stereocenters. The Morgan fingerprint density at radius 3 is 2.88 bits per heavy atom. The predicted octanol–water partition coefficient (Wildman–Crippen LogP) is 4.12. The number of fused-ring (bicyclic) bond motifs is 1. The molecule has 0 saturated carbocycles. The second-order valence-electron chi connectivity index (χ2n) is 8.67. The number of aliphatic imine (C=N–C) groups is 1. The number of amidine groups is 1. The Hall–Kier alpha value is -2.74. The molecule has 1 amide bonds. The highest BCUT2D eigenvalue weighted by Crippen LogP contribution is 2.24. The Balaban J connectivity index is 1.43. The van der Waals surface area contributed by atoms with E-state index in [9.17, 15) is 9.59 Å². The predicted molar refractivity (Wildman–Crippen MR) is 133 cm³/mol. The lowest BCUT2D eigenvalue weighted by Crippen LogP contribution is -2.34. The third-order valence-corrected chi connectivity index (χ3v) is 7.08. The molecule has 2 N–H and O–H groups in total. The number of unbranched alkanes of at least 4 members (excludes halogenated alkanes) is 2. The molecule has 4 rings (SSSR count). The summed E-state index contributed by atoms with van der Waals surface area (Å²) in [7, 11) is 0. The topological polar surface area (TPSA) is 90.2 Å². The molecule has 7 nitrogen and oxygen atoms in total. The summed E-state index contributed by atoms with van der Waals surface area (Å²) < 4.78 is 2.21. The highest BCUT2D eigenvalue weighted by atomic mass is 32.2. The van der Waals surface area contributed by atoms with Crippen LogP contribution in [0, 0.1) is 0 Å². The van der Waals surface area contributed by atoms with Crippen LogP contribution in [0.4, 0.5) is 0 Å². The molecule has 0 aliphatic carbocycles. The Bertz CT molecular complexity index is 1040. The van der Waals surface area contributed by atoms with Gasteiger partial charge in [-0.1, -0.05) is 48.2 Å². The van der Waals surface area contributed by atoms with Gasteiger partial charge >= 0.3 is 5.17 Å². The van der Waals surface area contributed by atoms with E-state index < -0.39 is 0 Å². The van der Waals surface area contributed by atoms with Crippen molar-refractivity contribution in [2.24, 2.45) is 4.99 Å². The molecule has 174 valence electrons. The smallest absolute Gasteiger partial charge is 0.346 e. The molecule has 1 aromatic heterocycles. The van der Waals surface area contributed by atoms with Crippen molar-refractivity contribution in [2.75, 3.05) is 18.8 Å². The Morgan fingerprint density at radius 1 is 1.21 bits per heavy atom. The average Bonchev–Trinajstić information content (AvgIpc) is 3.46. The van der Waals surface area contributed by atoms with Crippen LogP contribution in [0.2, 0.25) is 0 Å². The number of aromatic amines is 1. The summed E-state index contributed by atoms with van der Waals surface area (Å²) in [5, 5.41) is 4.28. The largest absolute Gasteiger partial charge is 0.354 e. The summed E-state index contributed by atoms with van der Waals surface area (Å²) in [6, 6.07) is 9.88. The van der Waals surface area contributed by atoms with Gasteiger partial charge in [0.15, 0.2) is 0 Å². The van der Waals surface area contributed by atoms with Gasteiger partial charge in [-0.3, -0.25) is 4.79 Å². The molecule has 3 heterocycles. The van der Waals surface area contributed by atoms with Crippen molar-refractivity contribution in [3.8, 4) is 11.3 Å². The number of carbonyl (C=O) groups is 2. The maximum absolute atomic E-state index is 13.0. The number of nitrogens with one attached hydrogen (secondary N) is 2. The molecule has 33 heavy (non-hydrogen) atoms. The lowest BCUT2D eigenvalue weighted by Gasteiger charge is -2.17. The number of rotatable bonds is 11. The number of thioether (sulfide) groups is 1. The fourth-order valence-corrected chi connectivity index (χ4v) is 5.37. The fraction of sp³-hybridized carbons (Fsp3) is 0.480. The monoisotopic (exact) mass is 466 g/mol. The minimum absolute atomic E-state index is 0.0174. The summed E-state index contributed by atoms with van der Waals surface area (Å²) in [4.78, 5) is 36.8. The molecular weight excluding hydrogens is 434 g/mol. The molecular formula is C25H32N5O2S+. The molecule has 0 unspecified atom stereocenters. The molecule has 0 fully saturated rings. The van der Waals surface area contributed by atoms with Crippen molar-refractivity contribution in [3.63, 3.8) is 0 Å². The third-order valence-electron chi connectivity index (χ3n) is 6.00. The SMILES string of the molecule is CC(=O)CCCCC[C@H](NC(=O)CC1=[N+]2CCCN=C2SC1)c1ncc(-c2ccccc2)[nH]1. The van der Waals surface area contributed by atoms with Crippen molar-refractivity contribution in [2.45, 2.75) is 57.9 Å². The molecule has 2 aromatic rings. The maximum atomic E-state index is 13.0. The summed E-state index contributed by atoms with van der Waals surface area (Å²) in [6.07, 6.45) is 7.42. The molecule has 0 spiro atoms. The van der Waals surface area contributed by atoms with Crippen molar-refractivity contribution >= 4 is 34.3 Å². The van der Waals surface area contributed by atoms with Crippen LogP contribution in [-0.4, -0.2) is 56.0 Å². The maximum Gasteiger partial charge on any atom is 0.354 e. The minimum Gasteiger partial charge on any atom is -0.346 e. The summed E-state index contributed by atoms with van der Waals surface area (Å²) in [6.45, 7) is 3.47. The first-order valence-corrected chi connectivity index (χ1v) is 12.8. The molecule has 2 aliphatic heterocycles. The quantitative estimate of drug-likeness (QED) is 0.385. The zero-order valence-corrected chi connectivity index (χ0v) is 20.0. The third kappa shape index (κ3) is 6.41. The number of H-pyrrole nitrogens is 1. The van der Waals surface area contributed by atoms with Crippen molar-refractivity contribution in [1.29, 1.82) is 0 Å². The summed E-state index contributed by atoms with van der Waals surface area (Å²) >= 11 is 1.73.